The zero-order chi connectivity index (χ0) is 8.55. The Labute approximate surface area is 70.6 Å². The minimum absolute atomic E-state index is 0.811. The summed E-state index contributed by atoms with van der Waals surface area (Å²) in [6.45, 7) is 0. The maximum Gasteiger partial charge on any atom is 0.234 e. The summed E-state index contributed by atoms with van der Waals surface area (Å²) in [4.78, 5) is 1.91. The van der Waals surface area contributed by atoms with Gasteiger partial charge in [0.25, 0.3) is 0 Å². The van der Waals surface area contributed by atoms with Crippen molar-refractivity contribution in [3.05, 3.63) is 24.3 Å². The van der Waals surface area contributed by atoms with Gasteiger partial charge in [-0.2, -0.15) is 0 Å². The summed E-state index contributed by atoms with van der Waals surface area (Å²) in [7, 11) is 3.87. The van der Waals surface area contributed by atoms with Gasteiger partial charge < -0.3 is 9.42 Å². The fraction of sp³-hybridized carbons (Fsp3) is 0.222. The molecule has 0 saturated heterocycles. The van der Waals surface area contributed by atoms with E-state index >= 15 is 0 Å². The third-order valence-corrected chi connectivity index (χ3v) is 1.77. The number of anilines is 1. The number of benzene rings is 1. The molecule has 0 fully saturated rings. The van der Waals surface area contributed by atoms with Gasteiger partial charge in [-0.05, 0) is 12.1 Å². The molecule has 0 saturated carbocycles. The molecule has 0 spiro atoms. The molecular formula is C9H10N2O. The second-order valence-corrected chi connectivity index (χ2v) is 2.90. The van der Waals surface area contributed by atoms with Crippen LogP contribution in [0.1, 0.15) is 0 Å². The maximum atomic E-state index is 5.15. The minimum atomic E-state index is 0.811. The van der Waals surface area contributed by atoms with Crippen LogP contribution < -0.4 is 4.90 Å². The Morgan fingerprint density at radius 1 is 1.25 bits per heavy atom. The maximum absolute atomic E-state index is 5.15. The lowest BCUT2D eigenvalue weighted by Crippen LogP contribution is -2.07. The number of rotatable bonds is 1. The van der Waals surface area contributed by atoms with Gasteiger partial charge in [-0.15, -0.1) is 0 Å². The van der Waals surface area contributed by atoms with Crippen molar-refractivity contribution in [3.8, 4) is 0 Å². The predicted octanol–water partition coefficient (Wildman–Crippen LogP) is 1.89. The third-order valence-electron chi connectivity index (χ3n) is 1.77. The molecule has 3 nitrogen and oxygen atoms in total. The van der Waals surface area contributed by atoms with Crippen LogP contribution in [0.5, 0.6) is 0 Å². The second-order valence-electron chi connectivity index (χ2n) is 2.90. The minimum Gasteiger partial charge on any atom is -0.346 e. The van der Waals surface area contributed by atoms with Crippen molar-refractivity contribution in [1.29, 1.82) is 0 Å². The molecule has 0 amide bonds. The molecule has 1 aromatic heterocycles. The summed E-state index contributed by atoms with van der Waals surface area (Å²) >= 11 is 0. The highest BCUT2D eigenvalue weighted by Gasteiger charge is 2.07. The van der Waals surface area contributed by atoms with Gasteiger partial charge >= 0.3 is 0 Å². The van der Waals surface area contributed by atoms with Crippen LogP contribution in [-0.4, -0.2) is 19.3 Å². The van der Waals surface area contributed by atoms with Gasteiger partial charge in [0.1, 0.15) is 5.52 Å². The Kier molecular flexibility index (Phi) is 1.50. The van der Waals surface area contributed by atoms with E-state index in [4.69, 9.17) is 4.52 Å². The number of fused-ring (bicyclic) bond motifs is 1. The van der Waals surface area contributed by atoms with Gasteiger partial charge in [0, 0.05) is 14.1 Å². The Hall–Kier alpha value is -1.51. The Morgan fingerprint density at radius 2 is 2.00 bits per heavy atom. The van der Waals surface area contributed by atoms with E-state index in [1.54, 1.807) is 0 Å². The fourth-order valence-corrected chi connectivity index (χ4v) is 1.20. The van der Waals surface area contributed by atoms with E-state index in [9.17, 15) is 0 Å². The van der Waals surface area contributed by atoms with E-state index in [0.29, 0.717) is 0 Å². The van der Waals surface area contributed by atoms with Crippen LogP contribution in [0.25, 0.3) is 10.9 Å². The quantitative estimate of drug-likeness (QED) is 0.641. The number of aromatic nitrogens is 1. The smallest absolute Gasteiger partial charge is 0.234 e. The Bertz CT molecular complexity index is 392. The largest absolute Gasteiger partial charge is 0.346 e. The van der Waals surface area contributed by atoms with Crippen LogP contribution in [0.15, 0.2) is 28.8 Å². The van der Waals surface area contributed by atoms with Gasteiger partial charge in [0.2, 0.25) is 5.88 Å². The summed E-state index contributed by atoms with van der Waals surface area (Å²) in [6.07, 6.45) is 0. The lowest BCUT2D eigenvalue weighted by Gasteiger charge is -2.05. The molecule has 0 radical (unpaired) electrons. The van der Waals surface area contributed by atoms with Crippen molar-refractivity contribution >= 4 is 16.8 Å². The topological polar surface area (TPSA) is 29.3 Å². The average molecular weight is 162 g/mol. The lowest BCUT2D eigenvalue weighted by atomic mass is 10.2. The first-order valence-electron chi connectivity index (χ1n) is 3.81. The molecular weight excluding hydrogens is 152 g/mol. The van der Waals surface area contributed by atoms with Gasteiger partial charge in [-0.3, -0.25) is 0 Å². The van der Waals surface area contributed by atoms with Crippen LogP contribution in [0.4, 0.5) is 5.88 Å². The number of nitrogens with zero attached hydrogens (tertiary/aromatic N) is 2. The predicted molar refractivity (Wildman–Crippen MR) is 48.3 cm³/mol. The highest BCUT2D eigenvalue weighted by molar-refractivity contribution is 5.88. The molecule has 0 aliphatic heterocycles. The highest BCUT2D eigenvalue weighted by Crippen LogP contribution is 2.24. The Balaban J connectivity index is 2.70. The van der Waals surface area contributed by atoms with Crippen molar-refractivity contribution < 1.29 is 4.52 Å². The van der Waals surface area contributed by atoms with Crippen LogP contribution in [0, 0.1) is 0 Å². The second kappa shape index (κ2) is 2.52. The van der Waals surface area contributed by atoms with E-state index in [1.165, 1.54) is 0 Å². The molecule has 0 aliphatic rings. The number of hydrogen-bond donors (Lipinski definition) is 0. The zero-order valence-corrected chi connectivity index (χ0v) is 7.11. The molecule has 12 heavy (non-hydrogen) atoms. The first kappa shape index (κ1) is 7.16. The monoisotopic (exact) mass is 162 g/mol. The molecule has 0 bridgehead atoms. The van der Waals surface area contributed by atoms with E-state index in [1.807, 2.05) is 43.3 Å². The average Bonchev–Trinajstić information content (AvgIpc) is 2.47. The Morgan fingerprint density at radius 3 is 2.75 bits per heavy atom. The molecule has 0 N–H and O–H groups in total. The van der Waals surface area contributed by atoms with Crippen molar-refractivity contribution in [2.45, 2.75) is 0 Å². The van der Waals surface area contributed by atoms with Crippen molar-refractivity contribution in [3.63, 3.8) is 0 Å². The highest BCUT2D eigenvalue weighted by atomic mass is 16.5. The van der Waals surface area contributed by atoms with E-state index in [0.717, 1.165) is 16.8 Å². The molecule has 0 unspecified atom stereocenters. The SMILES string of the molecule is CN(C)c1onc2ccccc12. The molecule has 2 aromatic rings. The molecule has 1 aromatic carbocycles. The molecule has 0 aliphatic carbocycles. The zero-order valence-electron chi connectivity index (χ0n) is 7.11. The van der Waals surface area contributed by atoms with Crippen LogP contribution >= 0.6 is 0 Å². The van der Waals surface area contributed by atoms with E-state index in [2.05, 4.69) is 5.16 Å². The van der Waals surface area contributed by atoms with Crippen LogP contribution in [0.2, 0.25) is 0 Å². The summed E-state index contributed by atoms with van der Waals surface area (Å²) in [6, 6.07) is 7.86. The molecule has 0 atom stereocenters. The van der Waals surface area contributed by atoms with Crippen LogP contribution in [0.3, 0.4) is 0 Å². The molecule has 3 heteroatoms. The van der Waals surface area contributed by atoms with Gasteiger partial charge in [-0.25, -0.2) is 0 Å². The molecule has 62 valence electrons. The van der Waals surface area contributed by atoms with E-state index in [-0.39, 0.29) is 0 Å². The normalized spacial score (nSPS) is 10.5. The number of hydrogen-bond acceptors (Lipinski definition) is 3. The third kappa shape index (κ3) is 0.942. The fourth-order valence-electron chi connectivity index (χ4n) is 1.20. The van der Waals surface area contributed by atoms with Crippen molar-refractivity contribution in [1.82, 2.24) is 5.16 Å². The summed E-state index contributed by atoms with van der Waals surface area (Å²) in [5, 5.41) is 4.98. The molecule has 1 heterocycles. The summed E-state index contributed by atoms with van der Waals surface area (Å²) < 4.78 is 5.15. The summed E-state index contributed by atoms with van der Waals surface area (Å²) in [5.74, 6) is 0.811. The van der Waals surface area contributed by atoms with Gasteiger partial charge in [0.15, 0.2) is 0 Å². The lowest BCUT2D eigenvalue weighted by molar-refractivity contribution is 0.432. The van der Waals surface area contributed by atoms with Crippen molar-refractivity contribution in [2.75, 3.05) is 19.0 Å². The van der Waals surface area contributed by atoms with Crippen LogP contribution in [-0.2, 0) is 0 Å². The van der Waals surface area contributed by atoms with Gasteiger partial charge in [-0.1, -0.05) is 17.3 Å². The van der Waals surface area contributed by atoms with Crippen molar-refractivity contribution in [2.24, 2.45) is 0 Å². The molecule has 2 rings (SSSR count). The first-order chi connectivity index (χ1) is 5.79. The first-order valence-corrected chi connectivity index (χ1v) is 3.81. The standard InChI is InChI=1S/C9H10N2O/c1-11(2)9-7-5-3-4-6-8(7)10-12-9/h3-6H,1-2H3. The van der Waals surface area contributed by atoms with Gasteiger partial charge in [0.05, 0.1) is 5.39 Å². The van der Waals surface area contributed by atoms with E-state index < -0.39 is 0 Å². The summed E-state index contributed by atoms with van der Waals surface area (Å²) in [5.41, 5.74) is 0.904.